The Bertz CT molecular complexity index is 674. The summed E-state index contributed by atoms with van der Waals surface area (Å²) in [6, 6.07) is 8.95. The first-order valence-electron chi connectivity index (χ1n) is 6.93. The highest BCUT2D eigenvalue weighted by Gasteiger charge is 2.29. The number of aromatic nitrogens is 2. The monoisotopic (exact) mass is 285 g/mol. The van der Waals surface area contributed by atoms with Crippen molar-refractivity contribution >= 4 is 28.5 Å². The Balaban J connectivity index is 1.74. The average Bonchev–Trinajstić information content (AvgIpc) is 3.16. The molecule has 4 rings (SSSR count). The Morgan fingerprint density at radius 2 is 2.20 bits per heavy atom. The van der Waals surface area contributed by atoms with Crippen molar-refractivity contribution in [2.75, 3.05) is 11.4 Å². The Morgan fingerprint density at radius 1 is 1.25 bits per heavy atom. The van der Waals surface area contributed by atoms with Crippen LogP contribution in [0.5, 0.6) is 0 Å². The molecule has 0 N–H and O–H groups in total. The second-order valence-electron chi connectivity index (χ2n) is 5.04. The van der Waals surface area contributed by atoms with E-state index in [9.17, 15) is 0 Å². The van der Waals surface area contributed by atoms with Crippen molar-refractivity contribution in [3.8, 4) is 0 Å². The van der Waals surface area contributed by atoms with Gasteiger partial charge in [-0.1, -0.05) is 12.1 Å². The molecule has 1 fully saturated rings. The zero-order valence-corrected chi connectivity index (χ0v) is 11.8. The fraction of sp³-hybridized carbons (Fsp3) is 0.333. The lowest BCUT2D eigenvalue weighted by atomic mass is 10.0. The van der Waals surface area contributed by atoms with Crippen molar-refractivity contribution < 1.29 is 4.42 Å². The topological polar surface area (TPSA) is 42.2 Å². The minimum atomic E-state index is 0.303. The molecule has 0 aliphatic carbocycles. The van der Waals surface area contributed by atoms with E-state index >= 15 is 0 Å². The van der Waals surface area contributed by atoms with Gasteiger partial charge in [-0.15, -0.1) is 11.3 Å². The van der Waals surface area contributed by atoms with Gasteiger partial charge in [0.1, 0.15) is 10.5 Å². The van der Waals surface area contributed by atoms with Crippen molar-refractivity contribution in [2.24, 2.45) is 0 Å². The molecule has 1 saturated heterocycles. The summed E-state index contributed by atoms with van der Waals surface area (Å²) in [5.74, 6) is 0. The molecule has 20 heavy (non-hydrogen) atoms. The number of anilines is 1. The zero-order chi connectivity index (χ0) is 13.4. The van der Waals surface area contributed by atoms with Gasteiger partial charge in [-0.25, -0.2) is 4.98 Å². The minimum Gasteiger partial charge on any atom is -0.423 e. The highest BCUT2D eigenvalue weighted by molar-refractivity contribution is 7.09. The first-order valence-corrected chi connectivity index (χ1v) is 7.81. The fourth-order valence-electron chi connectivity index (χ4n) is 2.80. The Kier molecular flexibility index (Phi) is 2.92. The van der Waals surface area contributed by atoms with Crippen LogP contribution < -0.4 is 4.90 Å². The molecule has 0 unspecified atom stereocenters. The summed E-state index contributed by atoms with van der Waals surface area (Å²) in [6.45, 7) is 0.983. The van der Waals surface area contributed by atoms with Gasteiger partial charge < -0.3 is 9.32 Å². The molecule has 0 radical (unpaired) electrons. The van der Waals surface area contributed by atoms with Crippen LogP contribution in [0.2, 0.25) is 0 Å². The number of thiazole rings is 1. The van der Waals surface area contributed by atoms with Gasteiger partial charge in [-0.05, 0) is 31.4 Å². The summed E-state index contributed by atoms with van der Waals surface area (Å²) in [4.78, 5) is 11.4. The second-order valence-corrected chi connectivity index (χ2v) is 5.97. The van der Waals surface area contributed by atoms with Crippen molar-refractivity contribution in [3.05, 3.63) is 40.8 Å². The maximum atomic E-state index is 5.93. The number of oxazole rings is 1. The van der Waals surface area contributed by atoms with Crippen LogP contribution in [0.3, 0.4) is 0 Å². The highest BCUT2D eigenvalue weighted by atomic mass is 32.1. The van der Waals surface area contributed by atoms with Crippen molar-refractivity contribution in [3.63, 3.8) is 0 Å². The van der Waals surface area contributed by atoms with Crippen LogP contribution in [0.15, 0.2) is 40.3 Å². The number of hydrogen-bond acceptors (Lipinski definition) is 5. The first kappa shape index (κ1) is 11.9. The summed E-state index contributed by atoms with van der Waals surface area (Å²) >= 11 is 1.71. The molecule has 3 heterocycles. The fourth-order valence-corrected chi connectivity index (χ4v) is 3.58. The van der Waals surface area contributed by atoms with E-state index in [1.54, 1.807) is 11.3 Å². The van der Waals surface area contributed by atoms with Gasteiger partial charge >= 0.3 is 0 Å². The van der Waals surface area contributed by atoms with Gasteiger partial charge in [0.25, 0.3) is 6.01 Å². The van der Waals surface area contributed by atoms with Crippen molar-refractivity contribution in [1.82, 2.24) is 9.97 Å². The van der Waals surface area contributed by atoms with Crippen molar-refractivity contribution in [1.29, 1.82) is 0 Å². The molecule has 4 nitrogen and oxygen atoms in total. The van der Waals surface area contributed by atoms with Gasteiger partial charge in [0.15, 0.2) is 5.58 Å². The molecule has 2 aromatic heterocycles. The van der Waals surface area contributed by atoms with Gasteiger partial charge in [0.2, 0.25) is 0 Å². The van der Waals surface area contributed by atoms with Gasteiger partial charge in [-0.3, -0.25) is 0 Å². The maximum absolute atomic E-state index is 5.93. The van der Waals surface area contributed by atoms with Crippen LogP contribution in [0.4, 0.5) is 6.01 Å². The quantitative estimate of drug-likeness (QED) is 0.713. The number of benzene rings is 1. The molecule has 5 heteroatoms. The number of hydrogen-bond donors (Lipinski definition) is 0. The summed E-state index contributed by atoms with van der Waals surface area (Å²) in [6.07, 6.45) is 5.41. The third-order valence-corrected chi connectivity index (χ3v) is 4.64. The van der Waals surface area contributed by atoms with Crippen LogP contribution in [0, 0.1) is 0 Å². The van der Waals surface area contributed by atoms with E-state index in [1.807, 2.05) is 35.8 Å². The molecule has 1 atom stereocenters. The molecule has 1 aliphatic rings. The van der Waals surface area contributed by atoms with Gasteiger partial charge in [0.05, 0.1) is 6.04 Å². The molecule has 3 aromatic rings. The van der Waals surface area contributed by atoms with E-state index in [2.05, 4.69) is 14.9 Å². The minimum absolute atomic E-state index is 0.303. The van der Waals surface area contributed by atoms with Crippen LogP contribution in [0.25, 0.3) is 11.1 Å². The Labute approximate surface area is 121 Å². The number of fused-ring (bicyclic) bond motifs is 1. The number of para-hydroxylation sites is 2. The first-order chi connectivity index (χ1) is 9.92. The predicted molar refractivity (Wildman–Crippen MR) is 80.1 cm³/mol. The number of piperidine rings is 1. The molecule has 0 spiro atoms. The molecule has 1 aromatic carbocycles. The molecule has 102 valence electrons. The molecular formula is C15H15N3OS. The summed E-state index contributed by atoms with van der Waals surface area (Å²) in [7, 11) is 0. The smallest absolute Gasteiger partial charge is 0.298 e. The average molecular weight is 285 g/mol. The Hall–Kier alpha value is -1.88. The third-order valence-electron chi connectivity index (χ3n) is 3.77. The lowest BCUT2D eigenvalue weighted by Gasteiger charge is -2.33. The molecule has 1 aliphatic heterocycles. The standard InChI is InChI=1S/C15H15N3OS/c1-2-7-13-11(5-1)17-15(19-13)18-9-4-3-6-12(18)14-16-8-10-20-14/h1-2,5,7-8,10,12H,3-4,6,9H2/t12-/m0/s1. The second kappa shape index (κ2) is 4.90. The largest absolute Gasteiger partial charge is 0.423 e. The van der Waals surface area contributed by atoms with E-state index in [0.29, 0.717) is 6.04 Å². The summed E-state index contributed by atoms with van der Waals surface area (Å²) in [5, 5.41) is 3.20. The summed E-state index contributed by atoms with van der Waals surface area (Å²) < 4.78 is 5.93. The van der Waals surface area contributed by atoms with Crippen LogP contribution in [0.1, 0.15) is 30.3 Å². The third kappa shape index (κ3) is 1.98. The van der Waals surface area contributed by atoms with E-state index in [0.717, 1.165) is 35.1 Å². The van der Waals surface area contributed by atoms with Gasteiger partial charge in [-0.2, -0.15) is 4.98 Å². The lowest BCUT2D eigenvalue weighted by Crippen LogP contribution is -2.33. The Morgan fingerprint density at radius 3 is 3.05 bits per heavy atom. The summed E-state index contributed by atoms with van der Waals surface area (Å²) in [5.41, 5.74) is 1.77. The SMILES string of the molecule is c1ccc2oc(N3CCCC[C@H]3c3nccs3)nc2c1. The van der Waals surface area contributed by atoms with Crippen LogP contribution in [-0.4, -0.2) is 16.5 Å². The molecule has 0 bridgehead atoms. The van der Waals surface area contributed by atoms with Gasteiger partial charge in [0, 0.05) is 18.1 Å². The number of nitrogens with zero attached hydrogens (tertiary/aromatic N) is 3. The van der Waals surface area contributed by atoms with E-state index in [4.69, 9.17) is 4.42 Å². The van der Waals surface area contributed by atoms with E-state index < -0.39 is 0 Å². The number of rotatable bonds is 2. The van der Waals surface area contributed by atoms with E-state index in [-0.39, 0.29) is 0 Å². The normalized spacial score (nSPS) is 19.6. The zero-order valence-electron chi connectivity index (χ0n) is 11.0. The maximum Gasteiger partial charge on any atom is 0.298 e. The van der Waals surface area contributed by atoms with Crippen molar-refractivity contribution in [2.45, 2.75) is 25.3 Å². The lowest BCUT2D eigenvalue weighted by molar-refractivity contribution is 0.432. The van der Waals surface area contributed by atoms with Crippen LogP contribution >= 0.6 is 11.3 Å². The molecule has 0 saturated carbocycles. The molecular weight excluding hydrogens is 270 g/mol. The molecule has 0 amide bonds. The van der Waals surface area contributed by atoms with E-state index in [1.165, 1.54) is 12.8 Å². The van der Waals surface area contributed by atoms with Crippen LogP contribution in [-0.2, 0) is 0 Å². The highest BCUT2D eigenvalue weighted by Crippen LogP contribution is 2.36. The predicted octanol–water partition coefficient (Wildman–Crippen LogP) is 4.02.